The smallest absolute Gasteiger partial charge is 0.122 e. The second-order valence-electron chi connectivity index (χ2n) is 3.92. The average molecular weight is 207 g/mol. The Kier molecular flexibility index (Phi) is 4.15. The van der Waals surface area contributed by atoms with Crippen LogP contribution in [0.25, 0.3) is 0 Å². The van der Waals surface area contributed by atoms with E-state index in [-0.39, 0.29) is 0 Å². The van der Waals surface area contributed by atoms with E-state index in [2.05, 4.69) is 38.2 Å². The number of ether oxygens (including phenoxy) is 1. The highest BCUT2D eigenvalue weighted by molar-refractivity contribution is 5.42. The zero-order valence-electron chi connectivity index (χ0n) is 10.3. The predicted octanol–water partition coefficient (Wildman–Crippen LogP) is 2.98. The Morgan fingerprint density at radius 1 is 1.27 bits per heavy atom. The van der Waals surface area contributed by atoms with Crippen LogP contribution in [0.2, 0.25) is 0 Å². The molecule has 0 radical (unpaired) electrons. The highest BCUT2D eigenvalue weighted by atomic mass is 16.5. The van der Waals surface area contributed by atoms with Gasteiger partial charge in [-0.1, -0.05) is 6.07 Å². The van der Waals surface area contributed by atoms with Crippen LogP contribution in [0.15, 0.2) is 12.1 Å². The highest BCUT2D eigenvalue weighted by Crippen LogP contribution is 2.26. The van der Waals surface area contributed by atoms with Gasteiger partial charge in [0.25, 0.3) is 0 Å². The minimum Gasteiger partial charge on any atom is -0.494 e. The fourth-order valence-electron chi connectivity index (χ4n) is 1.75. The topological polar surface area (TPSA) is 21.3 Å². The van der Waals surface area contributed by atoms with E-state index in [9.17, 15) is 0 Å². The summed E-state index contributed by atoms with van der Waals surface area (Å²) in [6, 6.07) is 4.73. The number of hydrogen-bond acceptors (Lipinski definition) is 2. The molecule has 0 spiro atoms. The fraction of sp³-hybridized carbons (Fsp3) is 0.538. The van der Waals surface area contributed by atoms with Crippen molar-refractivity contribution in [3.8, 4) is 5.75 Å². The lowest BCUT2D eigenvalue weighted by molar-refractivity contribution is 0.337. The molecule has 0 fully saturated rings. The molecule has 1 atom stereocenters. The van der Waals surface area contributed by atoms with Gasteiger partial charge in [0.05, 0.1) is 6.61 Å². The summed E-state index contributed by atoms with van der Waals surface area (Å²) in [5, 5.41) is 3.26. The summed E-state index contributed by atoms with van der Waals surface area (Å²) < 4.78 is 5.57. The third-order valence-electron chi connectivity index (χ3n) is 2.76. The normalized spacial score (nSPS) is 12.6. The third kappa shape index (κ3) is 2.72. The van der Waals surface area contributed by atoms with Crippen molar-refractivity contribution < 1.29 is 4.74 Å². The van der Waals surface area contributed by atoms with Gasteiger partial charge in [-0.2, -0.15) is 0 Å². The summed E-state index contributed by atoms with van der Waals surface area (Å²) in [7, 11) is 1.98. The summed E-state index contributed by atoms with van der Waals surface area (Å²) in [5.41, 5.74) is 3.84. The SMILES string of the molecule is CCOc1cc(C)c(C(C)NC)cc1C. The number of benzene rings is 1. The molecule has 0 aromatic heterocycles. The van der Waals surface area contributed by atoms with Crippen molar-refractivity contribution in [3.05, 3.63) is 28.8 Å². The van der Waals surface area contributed by atoms with Gasteiger partial charge < -0.3 is 10.1 Å². The molecular weight excluding hydrogens is 186 g/mol. The zero-order valence-corrected chi connectivity index (χ0v) is 10.3. The monoisotopic (exact) mass is 207 g/mol. The molecule has 1 N–H and O–H groups in total. The lowest BCUT2D eigenvalue weighted by Crippen LogP contribution is -2.14. The molecule has 1 rings (SSSR count). The van der Waals surface area contributed by atoms with E-state index >= 15 is 0 Å². The number of aryl methyl sites for hydroxylation is 2. The molecule has 1 unspecified atom stereocenters. The van der Waals surface area contributed by atoms with Gasteiger partial charge in [-0.15, -0.1) is 0 Å². The van der Waals surface area contributed by atoms with Crippen LogP contribution in [0.4, 0.5) is 0 Å². The molecule has 0 bridgehead atoms. The largest absolute Gasteiger partial charge is 0.494 e. The molecule has 0 amide bonds. The Labute approximate surface area is 92.6 Å². The van der Waals surface area contributed by atoms with Crippen LogP contribution in [0, 0.1) is 13.8 Å². The molecule has 1 aromatic carbocycles. The van der Waals surface area contributed by atoms with E-state index in [4.69, 9.17) is 4.74 Å². The van der Waals surface area contributed by atoms with Gasteiger partial charge in [0.2, 0.25) is 0 Å². The van der Waals surface area contributed by atoms with Crippen molar-refractivity contribution in [3.63, 3.8) is 0 Å². The molecular formula is C13H21NO. The van der Waals surface area contributed by atoms with Crippen LogP contribution in [0.3, 0.4) is 0 Å². The van der Waals surface area contributed by atoms with Crippen LogP contribution < -0.4 is 10.1 Å². The van der Waals surface area contributed by atoms with Crippen molar-refractivity contribution >= 4 is 0 Å². The van der Waals surface area contributed by atoms with Crippen molar-refractivity contribution in [2.75, 3.05) is 13.7 Å². The molecule has 84 valence electrons. The van der Waals surface area contributed by atoms with Crippen LogP contribution in [0.5, 0.6) is 5.75 Å². The predicted molar refractivity (Wildman–Crippen MR) is 64.6 cm³/mol. The first kappa shape index (κ1) is 12.1. The van der Waals surface area contributed by atoms with E-state index in [1.807, 2.05) is 14.0 Å². The quantitative estimate of drug-likeness (QED) is 0.819. The van der Waals surface area contributed by atoms with E-state index in [0.717, 1.165) is 12.4 Å². The maximum Gasteiger partial charge on any atom is 0.122 e. The maximum absolute atomic E-state index is 5.57. The van der Waals surface area contributed by atoms with Crippen molar-refractivity contribution in [2.45, 2.75) is 33.7 Å². The number of rotatable bonds is 4. The third-order valence-corrected chi connectivity index (χ3v) is 2.76. The van der Waals surface area contributed by atoms with Gasteiger partial charge in [0.1, 0.15) is 5.75 Å². The van der Waals surface area contributed by atoms with Gasteiger partial charge in [0, 0.05) is 6.04 Å². The number of nitrogens with one attached hydrogen (secondary N) is 1. The Bertz CT molecular complexity index is 334. The van der Waals surface area contributed by atoms with E-state index in [1.165, 1.54) is 16.7 Å². The number of hydrogen-bond donors (Lipinski definition) is 1. The van der Waals surface area contributed by atoms with E-state index in [1.54, 1.807) is 0 Å². The Morgan fingerprint density at radius 3 is 2.47 bits per heavy atom. The molecule has 2 heteroatoms. The molecule has 15 heavy (non-hydrogen) atoms. The van der Waals surface area contributed by atoms with Crippen molar-refractivity contribution in [1.82, 2.24) is 5.32 Å². The summed E-state index contributed by atoms with van der Waals surface area (Å²) in [5.74, 6) is 1.00. The molecule has 0 heterocycles. The Morgan fingerprint density at radius 2 is 1.93 bits per heavy atom. The van der Waals surface area contributed by atoms with Crippen LogP contribution in [0.1, 0.15) is 36.6 Å². The first-order valence-electron chi connectivity index (χ1n) is 5.51. The first-order valence-corrected chi connectivity index (χ1v) is 5.51. The summed E-state index contributed by atoms with van der Waals surface area (Å²) in [4.78, 5) is 0. The second kappa shape index (κ2) is 5.17. The molecule has 0 aliphatic carbocycles. The average Bonchev–Trinajstić information content (AvgIpc) is 2.22. The van der Waals surface area contributed by atoms with E-state index < -0.39 is 0 Å². The van der Waals surface area contributed by atoms with Gasteiger partial charge in [-0.25, -0.2) is 0 Å². The molecule has 0 aliphatic rings. The minimum absolute atomic E-state index is 0.388. The lowest BCUT2D eigenvalue weighted by atomic mass is 9.99. The van der Waals surface area contributed by atoms with Crippen molar-refractivity contribution in [1.29, 1.82) is 0 Å². The van der Waals surface area contributed by atoms with Gasteiger partial charge in [-0.05, 0) is 57.5 Å². The molecule has 0 saturated carbocycles. The highest BCUT2D eigenvalue weighted by Gasteiger charge is 2.09. The second-order valence-corrected chi connectivity index (χ2v) is 3.92. The zero-order chi connectivity index (χ0) is 11.4. The molecule has 0 saturated heterocycles. The summed E-state index contributed by atoms with van der Waals surface area (Å²) in [6.07, 6.45) is 0. The summed E-state index contributed by atoms with van der Waals surface area (Å²) >= 11 is 0. The van der Waals surface area contributed by atoms with Gasteiger partial charge in [0.15, 0.2) is 0 Å². The molecule has 2 nitrogen and oxygen atoms in total. The fourth-order valence-corrected chi connectivity index (χ4v) is 1.75. The van der Waals surface area contributed by atoms with Crippen LogP contribution in [-0.4, -0.2) is 13.7 Å². The van der Waals surface area contributed by atoms with Crippen LogP contribution in [-0.2, 0) is 0 Å². The Balaban J connectivity index is 3.07. The van der Waals surface area contributed by atoms with E-state index in [0.29, 0.717) is 6.04 Å². The summed E-state index contributed by atoms with van der Waals surface area (Å²) in [6.45, 7) is 9.13. The van der Waals surface area contributed by atoms with Crippen LogP contribution >= 0.6 is 0 Å². The minimum atomic E-state index is 0.388. The molecule has 0 aliphatic heterocycles. The van der Waals surface area contributed by atoms with Gasteiger partial charge in [-0.3, -0.25) is 0 Å². The standard InChI is InChI=1S/C13H21NO/c1-6-15-13-8-9(2)12(7-10(13)3)11(4)14-5/h7-8,11,14H,6H2,1-5H3. The molecule has 1 aromatic rings. The van der Waals surface area contributed by atoms with Crippen molar-refractivity contribution in [2.24, 2.45) is 0 Å². The first-order chi connectivity index (χ1) is 7.10. The van der Waals surface area contributed by atoms with Gasteiger partial charge >= 0.3 is 0 Å². The lowest BCUT2D eigenvalue weighted by Gasteiger charge is -2.17. The maximum atomic E-state index is 5.57. The Hall–Kier alpha value is -1.02.